The lowest BCUT2D eigenvalue weighted by Crippen LogP contribution is -2.49. The van der Waals surface area contributed by atoms with Crippen LogP contribution >= 0.6 is 24.0 Å². The molecule has 166 valence electrons. The van der Waals surface area contributed by atoms with Gasteiger partial charge in [-0.25, -0.2) is 0 Å². The molecule has 1 saturated heterocycles. The van der Waals surface area contributed by atoms with Crippen molar-refractivity contribution in [1.82, 2.24) is 20.4 Å². The number of benzene rings is 1. The number of nitrogens with one attached hydrogen (secondary N) is 2. The number of likely N-dealkylation sites (N-methyl/N-ethyl adjacent to an activating group) is 1. The molecule has 0 bridgehead atoms. The molecule has 1 heterocycles. The molecule has 0 radical (unpaired) electrons. The summed E-state index contributed by atoms with van der Waals surface area (Å²) < 4.78 is 37.1. The van der Waals surface area contributed by atoms with E-state index in [4.69, 9.17) is 0 Å². The van der Waals surface area contributed by atoms with Gasteiger partial charge in [0.2, 0.25) is 0 Å². The minimum absolute atomic E-state index is 0. The van der Waals surface area contributed by atoms with Crippen LogP contribution in [0.2, 0.25) is 0 Å². The summed E-state index contributed by atoms with van der Waals surface area (Å²) >= 11 is 0. The summed E-state index contributed by atoms with van der Waals surface area (Å²) in [6.45, 7) is 4.91. The number of guanidine groups is 1. The maximum atomic E-state index is 12.4. The number of aryl methyl sites for hydroxylation is 1. The van der Waals surface area contributed by atoms with Crippen molar-refractivity contribution in [3.05, 3.63) is 35.4 Å². The smallest absolute Gasteiger partial charge is 0.355 e. The Hall–Kier alpha value is -1.07. The van der Waals surface area contributed by atoms with Gasteiger partial charge in [0.1, 0.15) is 0 Å². The van der Waals surface area contributed by atoms with Crippen LogP contribution in [0.25, 0.3) is 0 Å². The lowest BCUT2D eigenvalue weighted by molar-refractivity contribution is -0.142. The van der Waals surface area contributed by atoms with E-state index in [1.54, 1.807) is 7.05 Å². The Morgan fingerprint density at radius 1 is 1.28 bits per heavy atom. The number of aliphatic imine (C=N–C) groups is 1. The van der Waals surface area contributed by atoms with Crippen LogP contribution in [-0.2, 0) is 6.54 Å². The van der Waals surface area contributed by atoms with Gasteiger partial charge in [0, 0.05) is 45.8 Å². The Morgan fingerprint density at radius 2 is 1.97 bits per heavy atom. The maximum Gasteiger partial charge on any atom is 0.401 e. The second kappa shape index (κ2) is 12.6. The molecule has 0 spiro atoms. The van der Waals surface area contributed by atoms with Crippen molar-refractivity contribution in [3.63, 3.8) is 0 Å². The Kier molecular flexibility index (Phi) is 11.3. The molecular weight excluding hydrogens is 494 g/mol. The molecule has 9 heteroatoms. The highest BCUT2D eigenvalue weighted by molar-refractivity contribution is 14.0. The quantitative estimate of drug-likeness (QED) is 0.325. The van der Waals surface area contributed by atoms with Crippen LogP contribution in [0.3, 0.4) is 0 Å². The summed E-state index contributed by atoms with van der Waals surface area (Å²) in [5.41, 5.74) is 2.62. The third kappa shape index (κ3) is 10.5. The average Bonchev–Trinajstić information content (AvgIpc) is 2.61. The second-order valence-electron chi connectivity index (χ2n) is 7.54. The van der Waals surface area contributed by atoms with Gasteiger partial charge in [0.05, 0.1) is 6.54 Å². The van der Waals surface area contributed by atoms with Crippen LogP contribution in [0.4, 0.5) is 13.2 Å². The van der Waals surface area contributed by atoms with Gasteiger partial charge in [-0.1, -0.05) is 29.8 Å². The van der Waals surface area contributed by atoms with Gasteiger partial charge in [0.25, 0.3) is 0 Å². The molecule has 0 saturated carbocycles. The first kappa shape index (κ1) is 26.0. The van der Waals surface area contributed by atoms with Crippen molar-refractivity contribution in [2.75, 3.05) is 46.8 Å². The lowest BCUT2D eigenvalue weighted by Gasteiger charge is -2.33. The first-order chi connectivity index (χ1) is 13.2. The fourth-order valence-electron chi connectivity index (χ4n) is 3.44. The minimum atomic E-state index is -4.17. The SMILES string of the molecule is CN=C(NCCN(C)CC(F)(F)F)NC1CCN(Cc2cccc(C)c2)CC1.I. The van der Waals surface area contributed by atoms with Gasteiger partial charge in [-0.3, -0.25) is 14.8 Å². The molecule has 1 aliphatic rings. The molecule has 0 aliphatic carbocycles. The highest BCUT2D eigenvalue weighted by Gasteiger charge is 2.28. The molecule has 0 aromatic heterocycles. The molecule has 2 rings (SSSR count). The largest absolute Gasteiger partial charge is 0.401 e. The van der Waals surface area contributed by atoms with Crippen molar-refractivity contribution in [2.45, 2.75) is 38.5 Å². The molecule has 1 aliphatic heterocycles. The fourth-order valence-corrected chi connectivity index (χ4v) is 3.44. The van der Waals surface area contributed by atoms with Gasteiger partial charge < -0.3 is 10.6 Å². The monoisotopic (exact) mass is 527 g/mol. The first-order valence-electron chi connectivity index (χ1n) is 9.75. The Bertz CT molecular complexity index is 631. The fraction of sp³-hybridized carbons (Fsp3) is 0.650. The van der Waals surface area contributed by atoms with E-state index in [0.717, 1.165) is 32.5 Å². The van der Waals surface area contributed by atoms with Crippen molar-refractivity contribution in [1.29, 1.82) is 0 Å². The van der Waals surface area contributed by atoms with Crippen molar-refractivity contribution < 1.29 is 13.2 Å². The molecule has 2 N–H and O–H groups in total. The Balaban J connectivity index is 0.00000420. The number of halogens is 4. The summed E-state index contributed by atoms with van der Waals surface area (Å²) in [7, 11) is 3.15. The summed E-state index contributed by atoms with van der Waals surface area (Å²) in [6.07, 6.45) is -2.14. The third-order valence-electron chi connectivity index (χ3n) is 4.88. The van der Waals surface area contributed by atoms with E-state index < -0.39 is 12.7 Å². The first-order valence-corrected chi connectivity index (χ1v) is 9.75. The van der Waals surface area contributed by atoms with Gasteiger partial charge in [0.15, 0.2) is 5.96 Å². The predicted octanol–water partition coefficient (Wildman–Crippen LogP) is 3.24. The third-order valence-corrected chi connectivity index (χ3v) is 4.88. The number of piperidine rings is 1. The van der Waals surface area contributed by atoms with E-state index in [1.807, 2.05) is 0 Å². The molecule has 1 aromatic carbocycles. The maximum absolute atomic E-state index is 12.4. The average molecular weight is 527 g/mol. The van der Waals surface area contributed by atoms with Gasteiger partial charge >= 0.3 is 6.18 Å². The molecular formula is C20H33F3IN5. The topological polar surface area (TPSA) is 42.9 Å². The summed E-state index contributed by atoms with van der Waals surface area (Å²) in [4.78, 5) is 7.90. The van der Waals surface area contributed by atoms with Crippen LogP contribution in [0.5, 0.6) is 0 Å². The summed E-state index contributed by atoms with van der Waals surface area (Å²) in [6, 6.07) is 8.93. The van der Waals surface area contributed by atoms with E-state index >= 15 is 0 Å². The Labute approximate surface area is 189 Å². The molecule has 0 unspecified atom stereocenters. The molecule has 29 heavy (non-hydrogen) atoms. The molecule has 0 atom stereocenters. The predicted molar refractivity (Wildman–Crippen MR) is 123 cm³/mol. The van der Waals surface area contributed by atoms with Gasteiger partial charge in [-0.05, 0) is 32.4 Å². The second-order valence-corrected chi connectivity index (χ2v) is 7.54. The van der Waals surface area contributed by atoms with Gasteiger partial charge in [-0.15, -0.1) is 24.0 Å². The summed E-state index contributed by atoms with van der Waals surface area (Å²) in [5, 5.41) is 6.50. The number of hydrogen-bond donors (Lipinski definition) is 2. The number of rotatable bonds is 7. The number of nitrogens with zero attached hydrogens (tertiary/aromatic N) is 3. The van der Waals surface area contributed by atoms with Gasteiger partial charge in [-0.2, -0.15) is 13.2 Å². The summed E-state index contributed by atoms with van der Waals surface area (Å²) in [5.74, 6) is 0.651. The zero-order chi connectivity index (χ0) is 20.6. The van der Waals surface area contributed by atoms with Crippen LogP contribution in [-0.4, -0.2) is 74.8 Å². The van der Waals surface area contributed by atoms with E-state index in [-0.39, 0.29) is 24.0 Å². The molecule has 1 aromatic rings. The Morgan fingerprint density at radius 3 is 2.55 bits per heavy atom. The van der Waals surface area contributed by atoms with Crippen LogP contribution in [0.1, 0.15) is 24.0 Å². The zero-order valence-electron chi connectivity index (χ0n) is 17.4. The van der Waals surface area contributed by atoms with E-state index in [0.29, 0.717) is 25.1 Å². The minimum Gasteiger partial charge on any atom is -0.355 e. The number of hydrogen-bond acceptors (Lipinski definition) is 3. The molecule has 1 fully saturated rings. The standard InChI is InChI=1S/C20H32F3N5.HI/c1-16-5-4-6-17(13-16)14-28-10-7-18(8-11-28)26-19(24-2)25-9-12-27(3)15-20(21,22)23;/h4-6,13,18H,7-12,14-15H2,1-3H3,(H2,24,25,26);1H. The molecule has 5 nitrogen and oxygen atoms in total. The van der Waals surface area contributed by atoms with E-state index in [9.17, 15) is 13.2 Å². The lowest BCUT2D eigenvalue weighted by atomic mass is 10.0. The number of alkyl halides is 3. The highest BCUT2D eigenvalue weighted by Crippen LogP contribution is 2.16. The highest BCUT2D eigenvalue weighted by atomic mass is 127. The van der Waals surface area contributed by atoms with E-state index in [2.05, 4.69) is 51.7 Å². The van der Waals surface area contributed by atoms with Crippen molar-refractivity contribution in [3.8, 4) is 0 Å². The normalized spacial score (nSPS) is 16.6. The van der Waals surface area contributed by atoms with Crippen LogP contribution in [0.15, 0.2) is 29.3 Å². The van der Waals surface area contributed by atoms with Crippen LogP contribution < -0.4 is 10.6 Å². The van der Waals surface area contributed by atoms with E-state index in [1.165, 1.54) is 23.1 Å². The van der Waals surface area contributed by atoms with Crippen molar-refractivity contribution >= 4 is 29.9 Å². The van der Waals surface area contributed by atoms with Crippen molar-refractivity contribution in [2.24, 2.45) is 4.99 Å². The number of likely N-dealkylation sites (tertiary alicyclic amines) is 1. The zero-order valence-corrected chi connectivity index (χ0v) is 19.8. The molecule has 0 amide bonds. The van der Waals surface area contributed by atoms with Crippen LogP contribution in [0, 0.1) is 6.92 Å².